The van der Waals surface area contributed by atoms with Gasteiger partial charge in [0.25, 0.3) is 5.91 Å². The first-order chi connectivity index (χ1) is 17.0. The highest BCUT2D eigenvalue weighted by Crippen LogP contribution is 2.33. The third-order valence-electron chi connectivity index (χ3n) is 5.55. The zero-order valence-corrected chi connectivity index (χ0v) is 21.3. The van der Waals surface area contributed by atoms with Crippen molar-refractivity contribution in [1.82, 2.24) is 15.2 Å². The number of carbonyl (C=O) groups excluding carboxylic acids is 2. The molecule has 1 aromatic heterocycles. The second kappa shape index (κ2) is 11.4. The summed E-state index contributed by atoms with van der Waals surface area (Å²) in [5.74, 6) is -1.08. The van der Waals surface area contributed by atoms with E-state index in [2.05, 4.69) is 20.9 Å². The van der Waals surface area contributed by atoms with Gasteiger partial charge in [-0.3, -0.25) is 4.79 Å². The van der Waals surface area contributed by atoms with Gasteiger partial charge in [0.1, 0.15) is 17.2 Å². The Morgan fingerprint density at radius 3 is 2.58 bits per heavy atom. The molecule has 1 aliphatic heterocycles. The topological polar surface area (TPSA) is 95.6 Å². The van der Waals surface area contributed by atoms with E-state index in [1.54, 1.807) is 44.9 Å². The van der Waals surface area contributed by atoms with Crippen LogP contribution in [0.5, 0.6) is 0 Å². The van der Waals surface area contributed by atoms with E-state index in [0.717, 1.165) is 24.1 Å². The zero-order valence-electron chi connectivity index (χ0n) is 21.3. The highest BCUT2D eigenvalue weighted by molar-refractivity contribution is 6.22. The number of nitrogens with zero attached hydrogens (tertiary/aromatic N) is 2. The highest BCUT2D eigenvalue weighted by Gasteiger charge is 2.28. The number of aromatic nitrogens is 1. The Morgan fingerprint density at radius 2 is 1.92 bits per heavy atom. The van der Waals surface area contributed by atoms with Crippen molar-refractivity contribution in [3.05, 3.63) is 53.1 Å². The number of alkyl carbamates (subject to hydrolysis) is 1. The Labute approximate surface area is 210 Å². The van der Waals surface area contributed by atoms with Crippen LogP contribution >= 0.6 is 0 Å². The van der Waals surface area contributed by atoms with Crippen molar-refractivity contribution < 1.29 is 23.1 Å². The van der Waals surface area contributed by atoms with Gasteiger partial charge < -0.3 is 25.6 Å². The molecule has 36 heavy (non-hydrogen) atoms. The minimum Gasteiger partial charge on any atom is -0.444 e. The van der Waals surface area contributed by atoms with Gasteiger partial charge in [0, 0.05) is 49.6 Å². The molecule has 194 valence electrons. The number of carbonyl (C=O) groups is 2. The van der Waals surface area contributed by atoms with Crippen LogP contribution in [0.3, 0.4) is 0 Å². The lowest BCUT2D eigenvalue weighted by molar-refractivity contribution is -0.125. The van der Waals surface area contributed by atoms with Crippen molar-refractivity contribution >= 4 is 34.9 Å². The molecule has 0 radical (unpaired) electrons. The van der Waals surface area contributed by atoms with Crippen molar-refractivity contribution in [3.63, 3.8) is 0 Å². The Balaban J connectivity index is 1.68. The monoisotopic (exact) mass is 501 g/mol. The smallest absolute Gasteiger partial charge is 0.407 e. The summed E-state index contributed by atoms with van der Waals surface area (Å²) in [5.41, 5.74) is 1.99. The summed E-state index contributed by atoms with van der Waals surface area (Å²) in [5, 5.41) is 8.69. The van der Waals surface area contributed by atoms with Gasteiger partial charge in [-0.15, -0.1) is 0 Å². The molecule has 0 bridgehead atoms. The number of pyridine rings is 1. The number of hydrogen-bond acceptors (Lipinski definition) is 6. The van der Waals surface area contributed by atoms with E-state index in [4.69, 9.17) is 4.74 Å². The number of anilines is 3. The van der Waals surface area contributed by atoms with Gasteiger partial charge in [0.05, 0.1) is 0 Å². The fourth-order valence-corrected chi connectivity index (χ4v) is 3.85. The molecule has 2 amide bonds. The number of hydrogen-bond donors (Lipinski definition) is 3. The van der Waals surface area contributed by atoms with Gasteiger partial charge >= 0.3 is 6.09 Å². The van der Waals surface area contributed by atoms with E-state index < -0.39 is 23.3 Å². The molecule has 2 aromatic rings. The first-order valence-corrected chi connectivity index (χ1v) is 11.9. The molecule has 0 saturated carbocycles. The fraction of sp³-hybridized carbons (Fsp3) is 0.423. The summed E-state index contributed by atoms with van der Waals surface area (Å²) in [4.78, 5) is 31.5. The van der Waals surface area contributed by atoms with Gasteiger partial charge in [-0.2, -0.15) is 0 Å². The third-order valence-corrected chi connectivity index (χ3v) is 5.55. The maximum Gasteiger partial charge on any atom is 0.407 e. The summed E-state index contributed by atoms with van der Waals surface area (Å²) in [7, 11) is 1.70. The summed E-state index contributed by atoms with van der Waals surface area (Å²) in [6.45, 7) is 8.81. The third kappa shape index (κ3) is 6.93. The first-order valence-electron chi connectivity index (χ1n) is 11.9. The predicted molar refractivity (Wildman–Crippen MR) is 136 cm³/mol. The molecule has 0 atom stereocenters. The Bertz CT molecular complexity index is 1160. The number of nitrogens with one attached hydrogen (secondary N) is 3. The zero-order chi connectivity index (χ0) is 26.5. The standard InChI is InChI=1S/C26H33F2N5O3/c1-16-11-14-33(13-6-12-30-25(35)36-26(2,3)4)24(34)22(16)18-8-10-21(32-23(18)29-5)31-17-7-9-19(27)20(28)15-17/h7-10,15H,6,11-14H2,1-5H3,(H,30,35)(H2,29,31,32). The molecule has 1 aromatic carbocycles. The van der Waals surface area contributed by atoms with E-state index >= 15 is 0 Å². The van der Waals surface area contributed by atoms with E-state index in [-0.39, 0.29) is 5.91 Å². The van der Waals surface area contributed by atoms with Crippen LogP contribution in [0.1, 0.15) is 46.1 Å². The molecule has 10 heteroatoms. The number of rotatable bonds is 8. The normalized spacial score (nSPS) is 14.1. The summed E-state index contributed by atoms with van der Waals surface area (Å²) < 4.78 is 32.0. The summed E-state index contributed by atoms with van der Waals surface area (Å²) in [6.07, 6.45) is 0.829. The molecule has 0 fully saturated rings. The average Bonchev–Trinajstić information content (AvgIpc) is 2.80. The SMILES string of the molecule is CNc1nc(Nc2ccc(F)c(F)c2)ccc1C1=C(C)CCN(CCCNC(=O)OC(C)(C)C)C1=O. The minimum atomic E-state index is -0.958. The average molecular weight is 502 g/mol. The predicted octanol–water partition coefficient (Wildman–Crippen LogP) is 5.07. The molecule has 2 heterocycles. The van der Waals surface area contributed by atoms with E-state index in [9.17, 15) is 18.4 Å². The maximum atomic E-state index is 13.6. The van der Waals surface area contributed by atoms with Crippen LogP contribution in [0.4, 0.5) is 30.9 Å². The van der Waals surface area contributed by atoms with Gasteiger partial charge in [-0.1, -0.05) is 5.57 Å². The van der Waals surface area contributed by atoms with E-state index in [1.165, 1.54) is 6.07 Å². The second-order valence-electron chi connectivity index (χ2n) is 9.58. The molecule has 8 nitrogen and oxygen atoms in total. The number of halogens is 2. The first kappa shape index (κ1) is 26.9. The number of ether oxygens (including phenoxy) is 1. The molecule has 3 rings (SSSR count). The van der Waals surface area contributed by atoms with Crippen molar-refractivity contribution in [2.45, 2.75) is 46.1 Å². The highest BCUT2D eigenvalue weighted by atomic mass is 19.2. The van der Waals surface area contributed by atoms with Gasteiger partial charge in [0.15, 0.2) is 11.6 Å². The molecule has 1 aliphatic rings. The van der Waals surface area contributed by atoms with Gasteiger partial charge in [-0.25, -0.2) is 18.6 Å². The molecule has 0 aliphatic carbocycles. The van der Waals surface area contributed by atoms with Crippen LogP contribution < -0.4 is 16.0 Å². The Hall–Kier alpha value is -3.69. The molecule has 0 spiro atoms. The number of benzene rings is 1. The van der Waals surface area contributed by atoms with Crippen LogP contribution in [0.25, 0.3) is 5.57 Å². The maximum absolute atomic E-state index is 13.6. The molecular weight excluding hydrogens is 468 g/mol. The number of amides is 2. The van der Waals surface area contributed by atoms with Crippen molar-refractivity contribution in [2.75, 3.05) is 37.3 Å². The molecule has 0 saturated heterocycles. The Morgan fingerprint density at radius 1 is 1.17 bits per heavy atom. The second-order valence-corrected chi connectivity index (χ2v) is 9.58. The molecular formula is C26H33F2N5O3. The van der Waals surface area contributed by atoms with Crippen LogP contribution in [0, 0.1) is 11.6 Å². The summed E-state index contributed by atoms with van der Waals surface area (Å²) in [6, 6.07) is 6.98. The van der Waals surface area contributed by atoms with Crippen LogP contribution in [0.2, 0.25) is 0 Å². The molecule has 0 unspecified atom stereocenters. The lowest BCUT2D eigenvalue weighted by Crippen LogP contribution is -2.39. The van der Waals surface area contributed by atoms with Crippen LogP contribution in [-0.4, -0.2) is 54.2 Å². The minimum absolute atomic E-state index is 0.101. The van der Waals surface area contributed by atoms with E-state index in [0.29, 0.717) is 54.5 Å². The van der Waals surface area contributed by atoms with Gasteiger partial charge in [0.2, 0.25) is 0 Å². The summed E-state index contributed by atoms with van der Waals surface area (Å²) >= 11 is 0. The van der Waals surface area contributed by atoms with Crippen molar-refractivity contribution in [1.29, 1.82) is 0 Å². The van der Waals surface area contributed by atoms with Crippen LogP contribution in [0.15, 0.2) is 35.9 Å². The quantitative estimate of drug-likeness (QED) is 0.438. The van der Waals surface area contributed by atoms with Crippen molar-refractivity contribution in [2.24, 2.45) is 0 Å². The largest absolute Gasteiger partial charge is 0.444 e. The van der Waals surface area contributed by atoms with Crippen LogP contribution in [-0.2, 0) is 9.53 Å². The van der Waals surface area contributed by atoms with E-state index in [1.807, 2.05) is 6.92 Å². The lowest BCUT2D eigenvalue weighted by Gasteiger charge is -2.30. The fourth-order valence-electron chi connectivity index (χ4n) is 3.85. The Kier molecular flexibility index (Phi) is 8.49. The molecule has 3 N–H and O–H groups in total. The van der Waals surface area contributed by atoms with Gasteiger partial charge in [-0.05, 0) is 64.8 Å². The van der Waals surface area contributed by atoms with Crippen molar-refractivity contribution in [3.8, 4) is 0 Å². The lowest BCUT2D eigenvalue weighted by atomic mass is 9.94.